The minimum Gasteiger partial charge on any atom is -0.355 e. The molecule has 0 aromatic heterocycles. The van der Waals surface area contributed by atoms with Crippen molar-refractivity contribution in [1.29, 1.82) is 0 Å². The number of sulfone groups is 1. The third-order valence-electron chi connectivity index (χ3n) is 2.79. The van der Waals surface area contributed by atoms with Crippen molar-refractivity contribution in [1.82, 2.24) is 10.7 Å². The molecule has 0 aliphatic carbocycles. The Morgan fingerprint density at radius 1 is 1.53 bits per heavy atom. The van der Waals surface area contributed by atoms with Crippen LogP contribution in [0.5, 0.6) is 0 Å². The Labute approximate surface area is 103 Å². The molecule has 1 aliphatic rings. The standard InChI is InChI=1S/C10H22N4O2S/c1-2-3-5-12-10(14-11)13-7-9-4-6-17(15,16)8-9/h9H,2-8,11H2,1H3,(H2,12,13,14). The summed E-state index contributed by atoms with van der Waals surface area (Å²) in [5.41, 5.74) is 2.50. The molecule has 1 saturated heterocycles. The van der Waals surface area contributed by atoms with Gasteiger partial charge in [-0.2, -0.15) is 0 Å². The molecule has 1 atom stereocenters. The van der Waals surface area contributed by atoms with Crippen LogP contribution in [0.15, 0.2) is 4.99 Å². The van der Waals surface area contributed by atoms with Gasteiger partial charge in [-0.25, -0.2) is 14.3 Å². The Morgan fingerprint density at radius 2 is 2.29 bits per heavy atom. The highest BCUT2D eigenvalue weighted by molar-refractivity contribution is 7.91. The molecule has 4 N–H and O–H groups in total. The van der Waals surface area contributed by atoms with E-state index in [0.717, 1.165) is 19.4 Å². The molecule has 0 saturated carbocycles. The molecule has 1 aliphatic heterocycles. The van der Waals surface area contributed by atoms with Gasteiger partial charge in [-0.05, 0) is 18.8 Å². The number of nitrogens with two attached hydrogens (primary N) is 1. The van der Waals surface area contributed by atoms with Crippen molar-refractivity contribution in [2.24, 2.45) is 16.8 Å². The molecule has 1 unspecified atom stereocenters. The second kappa shape index (κ2) is 6.80. The van der Waals surface area contributed by atoms with E-state index in [1.807, 2.05) is 0 Å². The van der Waals surface area contributed by atoms with E-state index in [0.29, 0.717) is 24.7 Å². The maximum atomic E-state index is 11.3. The predicted octanol–water partition coefficient (Wildman–Crippen LogP) is -0.370. The van der Waals surface area contributed by atoms with Gasteiger partial charge in [-0.15, -0.1) is 0 Å². The van der Waals surface area contributed by atoms with E-state index in [9.17, 15) is 8.42 Å². The molecule has 1 fully saturated rings. The third-order valence-corrected chi connectivity index (χ3v) is 4.63. The van der Waals surface area contributed by atoms with Crippen LogP contribution in [0.1, 0.15) is 26.2 Å². The normalized spacial score (nSPS) is 23.6. The van der Waals surface area contributed by atoms with Gasteiger partial charge in [0, 0.05) is 13.1 Å². The predicted molar refractivity (Wildman–Crippen MR) is 69.3 cm³/mol. The first-order chi connectivity index (χ1) is 8.07. The molecule has 6 nitrogen and oxygen atoms in total. The van der Waals surface area contributed by atoms with Gasteiger partial charge >= 0.3 is 0 Å². The molecule has 1 heterocycles. The maximum Gasteiger partial charge on any atom is 0.205 e. The van der Waals surface area contributed by atoms with Gasteiger partial charge in [-0.3, -0.25) is 10.4 Å². The second-order valence-corrected chi connectivity index (χ2v) is 6.61. The highest BCUT2D eigenvalue weighted by Crippen LogP contribution is 2.18. The lowest BCUT2D eigenvalue weighted by molar-refractivity contribution is 0.589. The number of hydrazine groups is 1. The Kier molecular flexibility index (Phi) is 5.70. The van der Waals surface area contributed by atoms with Crippen LogP contribution in [0.25, 0.3) is 0 Å². The largest absolute Gasteiger partial charge is 0.355 e. The minimum absolute atomic E-state index is 0.135. The van der Waals surface area contributed by atoms with Gasteiger partial charge in [0.1, 0.15) is 0 Å². The lowest BCUT2D eigenvalue weighted by atomic mass is 10.1. The van der Waals surface area contributed by atoms with E-state index in [-0.39, 0.29) is 11.7 Å². The smallest absolute Gasteiger partial charge is 0.205 e. The van der Waals surface area contributed by atoms with E-state index >= 15 is 0 Å². The number of rotatable bonds is 5. The molecule has 100 valence electrons. The van der Waals surface area contributed by atoms with Crippen LogP contribution >= 0.6 is 0 Å². The molecule has 0 spiro atoms. The average molecular weight is 262 g/mol. The molecule has 0 aromatic carbocycles. The fourth-order valence-electron chi connectivity index (χ4n) is 1.77. The number of nitrogens with one attached hydrogen (secondary N) is 2. The van der Waals surface area contributed by atoms with Crippen LogP contribution in [0.3, 0.4) is 0 Å². The maximum absolute atomic E-state index is 11.3. The van der Waals surface area contributed by atoms with E-state index in [2.05, 4.69) is 22.7 Å². The molecule has 0 amide bonds. The lowest BCUT2D eigenvalue weighted by Crippen LogP contribution is -2.42. The van der Waals surface area contributed by atoms with Crippen LogP contribution in [-0.4, -0.2) is 39.0 Å². The van der Waals surface area contributed by atoms with E-state index < -0.39 is 9.84 Å². The number of unbranched alkanes of at least 4 members (excludes halogenated alkanes) is 1. The zero-order valence-corrected chi connectivity index (χ0v) is 11.1. The van der Waals surface area contributed by atoms with Gasteiger partial charge in [0.2, 0.25) is 5.96 Å². The van der Waals surface area contributed by atoms with Crippen molar-refractivity contribution < 1.29 is 8.42 Å². The van der Waals surface area contributed by atoms with Crippen LogP contribution in [0.4, 0.5) is 0 Å². The summed E-state index contributed by atoms with van der Waals surface area (Å²) in [6, 6.07) is 0. The number of guanidine groups is 1. The van der Waals surface area contributed by atoms with Gasteiger partial charge in [0.25, 0.3) is 0 Å². The Balaban J connectivity index is 2.34. The Bertz CT molecular complexity index is 353. The zero-order chi connectivity index (χ0) is 12.7. The van der Waals surface area contributed by atoms with Gasteiger partial charge in [0.15, 0.2) is 9.84 Å². The second-order valence-electron chi connectivity index (χ2n) is 4.38. The first-order valence-electron chi connectivity index (χ1n) is 6.02. The number of aliphatic imine (C=N–C) groups is 1. The van der Waals surface area contributed by atoms with Crippen molar-refractivity contribution in [2.75, 3.05) is 24.6 Å². The monoisotopic (exact) mass is 262 g/mol. The summed E-state index contributed by atoms with van der Waals surface area (Å²) in [4.78, 5) is 4.27. The highest BCUT2D eigenvalue weighted by Gasteiger charge is 2.27. The SMILES string of the molecule is CCCCNC(=NCC1CCS(=O)(=O)C1)NN. The molecule has 7 heteroatoms. The highest BCUT2D eigenvalue weighted by atomic mass is 32.2. The fourth-order valence-corrected chi connectivity index (χ4v) is 3.62. The molecule has 0 aromatic rings. The van der Waals surface area contributed by atoms with Crippen molar-refractivity contribution >= 4 is 15.8 Å². The van der Waals surface area contributed by atoms with Crippen molar-refractivity contribution in [3.63, 3.8) is 0 Å². The Hall–Kier alpha value is -0.820. The van der Waals surface area contributed by atoms with Crippen LogP contribution in [0, 0.1) is 5.92 Å². The summed E-state index contributed by atoms with van der Waals surface area (Å²) in [6.45, 7) is 3.44. The summed E-state index contributed by atoms with van der Waals surface area (Å²) in [5, 5.41) is 3.08. The average Bonchev–Trinajstić information content (AvgIpc) is 2.63. The van der Waals surface area contributed by atoms with Crippen molar-refractivity contribution in [3.8, 4) is 0 Å². The number of hydrogen-bond donors (Lipinski definition) is 3. The quantitative estimate of drug-likeness (QED) is 0.206. The summed E-state index contributed by atoms with van der Waals surface area (Å²) in [5.74, 6) is 6.56. The molecular formula is C10H22N4O2S. The minimum atomic E-state index is -2.81. The van der Waals surface area contributed by atoms with E-state index in [1.165, 1.54) is 0 Å². The third kappa shape index (κ3) is 5.36. The van der Waals surface area contributed by atoms with Crippen LogP contribution in [-0.2, 0) is 9.84 Å². The van der Waals surface area contributed by atoms with Gasteiger partial charge in [-0.1, -0.05) is 13.3 Å². The van der Waals surface area contributed by atoms with Crippen molar-refractivity contribution in [2.45, 2.75) is 26.2 Å². The summed E-state index contributed by atoms with van der Waals surface area (Å²) in [7, 11) is -2.81. The van der Waals surface area contributed by atoms with Crippen LogP contribution < -0.4 is 16.6 Å². The molecule has 0 radical (unpaired) electrons. The van der Waals surface area contributed by atoms with Crippen molar-refractivity contribution in [3.05, 3.63) is 0 Å². The summed E-state index contributed by atoms with van der Waals surface area (Å²) < 4.78 is 22.5. The molecule has 17 heavy (non-hydrogen) atoms. The van der Waals surface area contributed by atoms with Gasteiger partial charge < -0.3 is 5.32 Å². The first-order valence-corrected chi connectivity index (χ1v) is 7.85. The first kappa shape index (κ1) is 14.2. The van der Waals surface area contributed by atoms with Gasteiger partial charge in [0.05, 0.1) is 11.5 Å². The summed E-state index contributed by atoms with van der Waals surface area (Å²) in [6.07, 6.45) is 2.86. The molecular weight excluding hydrogens is 240 g/mol. The molecule has 1 rings (SSSR count). The van der Waals surface area contributed by atoms with E-state index in [1.54, 1.807) is 0 Å². The fraction of sp³-hybridized carbons (Fsp3) is 0.900. The van der Waals surface area contributed by atoms with Crippen LogP contribution in [0.2, 0.25) is 0 Å². The lowest BCUT2D eigenvalue weighted by Gasteiger charge is -2.10. The van der Waals surface area contributed by atoms with E-state index in [4.69, 9.17) is 5.84 Å². The number of nitrogens with zero attached hydrogens (tertiary/aromatic N) is 1. The number of hydrogen-bond acceptors (Lipinski definition) is 4. The topological polar surface area (TPSA) is 96.6 Å². The zero-order valence-electron chi connectivity index (χ0n) is 10.3. The Morgan fingerprint density at radius 3 is 2.82 bits per heavy atom. The summed E-state index contributed by atoms with van der Waals surface area (Å²) >= 11 is 0. The molecule has 0 bridgehead atoms.